The Morgan fingerprint density at radius 3 is 2.78 bits per heavy atom. The summed E-state index contributed by atoms with van der Waals surface area (Å²) in [5.41, 5.74) is 0.985. The van der Waals surface area contributed by atoms with Crippen LogP contribution in [0.1, 0.15) is 24.3 Å². The lowest BCUT2D eigenvalue weighted by molar-refractivity contribution is -0.129. The van der Waals surface area contributed by atoms with Crippen molar-refractivity contribution >= 4 is 11.9 Å². The van der Waals surface area contributed by atoms with E-state index in [9.17, 15) is 14.9 Å². The van der Waals surface area contributed by atoms with Crippen LogP contribution in [0.3, 0.4) is 0 Å². The van der Waals surface area contributed by atoms with Crippen molar-refractivity contribution in [3.05, 3.63) is 35.9 Å². The van der Waals surface area contributed by atoms with Gasteiger partial charge in [0.2, 0.25) is 5.91 Å². The van der Waals surface area contributed by atoms with Crippen LogP contribution in [-0.2, 0) is 4.79 Å². The van der Waals surface area contributed by atoms with Crippen molar-refractivity contribution < 1.29 is 9.59 Å². The van der Waals surface area contributed by atoms with Gasteiger partial charge in [-0.25, -0.2) is 4.79 Å². The molecule has 2 fully saturated rings. The Morgan fingerprint density at radius 1 is 1.35 bits per heavy atom. The second-order valence-electron chi connectivity index (χ2n) is 5.97. The maximum absolute atomic E-state index is 12.3. The monoisotopic (exact) mass is 312 g/mol. The first-order chi connectivity index (χ1) is 11.2. The predicted octanol–water partition coefficient (Wildman–Crippen LogP) is 1.31. The van der Waals surface area contributed by atoms with Gasteiger partial charge in [0.25, 0.3) is 0 Å². The van der Waals surface area contributed by atoms with Crippen LogP contribution in [0.4, 0.5) is 4.79 Å². The molecule has 2 aliphatic heterocycles. The van der Waals surface area contributed by atoms with Gasteiger partial charge in [-0.05, 0) is 24.9 Å². The number of urea groups is 1. The van der Waals surface area contributed by atoms with Gasteiger partial charge in [0.1, 0.15) is 0 Å². The lowest BCUT2D eigenvalue weighted by Crippen LogP contribution is -2.44. The van der Waals surface area contributed by atoms with Gasteiger partial charge in [0.05, 0.1) is 18.5 Å². The average molecular weight is 312 g/mol. The topological polar surface area (TPSA) is 76.4 Å². The minimum Gasteiger partial charge on any atom is -0.336 e. The van der Waals surface area contributed by atoms with E-state index in [4.69, 9.17) is 0 Å². The Hall–Kier alpha value is -2.39. The fourth-order valence-electron chi connectivity index (χ4n) is 3.44. The molecule has 0 spiro atoms. The van der Waals surface area contributed by atoms with Gasteiger partial charge in [-0.15, -0.1) is 0 Å². The molecule has 0 saturated carbocycles. The van der Waals surface area contributed by atoms with Gasteiger partial charge >= 0.3 is 6.03 Å². The molecule has 1 aromatic carbocycles. The highest BCUT2D eigenvalue weighted by Gasteiger charge is 2.36. The van der Waals surface area contributed by atoms with E-state index in [1.807, 2.05) is 30.3 Å². The molecule has 1 N–H and O–H groups in total. The number of hydrogen-bond donors (Lipinski definition) is 1. The quantitative estimate of drug-likeness (QED) is 0.909. The van der Waals surface area contributed by atoms with E-state index in [1.165, 1.54) is 4.90 Å². The number of carbonyl (C=O) groups excluding carboxylic acids is 2. The molecular formula is C17H20N4O2. The molecule has 3 rings (SSSR count). The van der Waals surface area contributed by atoms with Gasteiger partial charge < -0.3 is 5.32 Å². The Labute approximate surface area is 135 Å². The zero-order valence-corrected chi connectivity index (χ0v) is 12.9. The van der Waals surface area contributed by atoms with Crippen molar-refractivity contribution in [3.8, 4) is 6.07 Å². The van der Waals surface area contributed by atoms with Crippen LogP contribution < -0.4 is 5.32 Å². The second kappa shape index (κ2) is 6.80. The van der Waals surface area contributed by atoms with Gasteiger partial charge in [-0.1, -0.05) is 30.3 Å². The molecule has 0 aliphatic carbocycles. The molecule has 1 aromatic rings. The fraction of sp³-hybridized carbons (Fsp3) is 0.471. The largest absolute Gasteiger partial charge is 0.336 e. The third kappa shape index (κ3) is 3.20. The number of likely N-dealkylation sites (tertiary alicyclic amines) is 1. The molecule has 0 bridgehead atoms. The SMILES string of the molecule is N#C[C@H](c1ccccc1)[C@H]1CCCN1CC(=O)N1CCNC1=O. The second-order valence-corrected chi connectivity index (χ2v) is 5.97. The Balaban J connectivity index is 1.71. The number of hydrogen-bond acceptors (Lipinski definition) is 4. The number of imide groups is 1. The maximum Gasteiger partial charge on any atom is 0.324 e. The van der Waals surface area contributed by atoms with Crippen LogP contribution in [0.15, 0.2) is 30.3 Å². The average Bonchev–Trinajstić information content (AvgIpc) is 3.19. The first-order valence-corrected chi connectivity index (χ1v) is 7.97. The predicted molar refractivity (Wildman–Crippen MR) is 84.5 cm³/mol. The minimum atomic E-state index is -0.314. The number of nitrogens with zero attached hydrogens (tertiary/aromatic N) is 3. The third-order valence-corrected chi connectivity index (χ3v) is 4.59. The van der Waals surface area contributed by atoms with Gasteiger partial charge in [0, 0.05) is 19.1 Å². The molecule has 0 aromatic heterocycles. The van der Waals surface area contributed by atoms with Gasteiger partial charge in [-0.2, -0.15) is 5.26 Å². The molecule has 6 nitrogen and oxygen atoms in total. The molecule has 2 atom stereocenters. The summed E-state index contributed by atoms with van der Waals surface area (Å²) in [4.78, 5) is 27.3. The van der Waals surface area contributed by atoms with Crippen LogP contribution in [0, 0.1) is 11.3 Å². The Morgan fingerprint density at radius 2 is 2.13 bits per heavy atom. The van der Waals surface area contributed by atoms with E-state index in [1.54, 1.807) is 0 Å². The number of nitrogens with one attached hydrogen (secondary N) is 1. The van der Waals surface area contributed by atoms with Crippen molar-refractivity contribution in [2.45, 2.75) is 24.8 Å². The van der Waals surface area contributed by atoms with E-state index in [0.29, 0.717) is 13.1 Å². The molecule has 0 unspecified atom stereocenters. The van der Waals surface area contributed by atoms with Crippen molar-refractivity contribution in [3.63, 3.8) is 0 Å². The number of nitriles is 1. The number of rotatable bonds is 4. The molecule has 2 aliphatic rings. The Kier molecular flexibility index (Phi) is 4.58. The molecule has 2 heterocycles. The van der Waals surface area contributed by atoms with Crippen molar-refractivity contribution in [2.75, 3.05) is 26.2 Å². The van der Waals surface area contributed by atoms with Crippen molar-refractivity contribution in [2.24, 2.45) is 0 Å². The summed E-state index contributed by atoms with van der Waals surface area (Å²) in [6.07, 6.45) is 1.86. The standard InChI is InChI=1S/C17H20N4O2/c18-11-14(13-5-2-1-3-6-13)15-7-4-9-20(15)12-16(22)21-10-8-19-17(21)23/h1-3,5-6,14-15H,4,7-10,12H2,(H,19,23)/t14-,15-/m1/s1. The van der Waals surface area contributed by atoms with Gasteiger partial charge in [0.15, 0.2) is 0 Å². The molecular weight excluding hydrogens is 292 g/mol. The summed E-state index contributed by atoms with van der Waals surface area (Å²) in [7, 11) is 0. The maximum atomic E-state index is 12.3. The number of carbonyl (C=O) groups is 2. The molecule has 23 heavy (non-hydrogen) atoms. The third-order valence-electron chi connectivity index (χ3n) is 4.59. The van der Waals surface area contributed by atoms with E-state index in [2.05, 4.69) is 16.3 Å². The van der Waals surface area contributed by atoms with E-state index < -0.39 is 0 Å². The fourth-order valence-corrected chi connectivity index (χ4v) is 3.44. The number of benzene rings is 1. The van der Waals surface area contributed by atoms with Crippen LogP contribution in [0.5, 0.6) is 0 Å². The lowest BCUT2D eigenvalue weighted by atomic mass is 9.91. The normalized spacial score (nSPS) is 22.7. The van der Waals surface area contributed by atoms with E-state index in [0.717, 1.165) is 24.9 Å². The molecule has 2 saturated heterocycles. The molecule has 6 heteroatoms. The summed E-state index contributed by atoms with van der Waals surface area (Å²) in [6, 6.07) is 11.8. The summed E-state index contributed by atoms with van der Waals surface area (Å²) in [5.74, 6) is -0.435. The summed E-state index contributed by atoms with van der Waals surface area (Å²) >= 11 is 0. The van der Waals surface area contributed by atoms with E-state index >= 15 is 0 Å². The number of amides is 3. The van der Waals surface area contributed by atoms with Crippen molar-refractivity contribution in [1.82, 2.24) is 15.1 Å². The highest BCUT2D eigenvalue weighted by Crippen LogP contribution is 2.30. The highest BCUT2D eigenvalue weighted by atomic mass is 16.2. The molecule has 0 radical (unpaired) electrons. The zero-order valence-electron chi connectivity index (χ0n) is 12.9. The first kappa shape index (κ1) is 15.5. The highest BCUT2D eigenvalue weighted by molar-refractivity contribution is 5.96. The smallest absolute Gasteiger partial charge is 0.324 e. The Bertz CT molecular complexity index is 625. The van der Waals surface area contributed by atoms with Crippen LogP contribution >= 0.6 is 0 Å². The van der Waals surface area contributed by atoms with Crippen LogP contribution in [0.2, 0.25) is 0 Å². The summed E-state index contributed by atoms with van der Waals surface area (Å²) in [6.45, 7) is 1.93. The summed E-state index contributed by atoms with van der Waals surface area (Å²) in [5, 5.41) is 12.3. The minimum absolute atomic E-state index is 0.0250. The lowest BCUT2D eigenvalue weighted by Gasteiger charge is -2.28. The van der Waals surface area contributed by atoms with E-state index in [-0.39, 0.29) is 30.4 Å². The van der Waals surface area contributed by atoms with Gasteiger partial charge in [-0.3, -0.25) is 14.6 Å². The molecule has 3 amide bonds. The first-order valence-electron chi connectivity index (χ1n) is 7.97. The van der Waals surface area contributed by atoms with Crippen molar-refractivity contribution in [1.29, 1.82) is 5.26 Å². The zero-order chi connectivity index (χ0) is 16.2. The summed E-state index contributed by atoms with van der Waals surface area (Å²) < 4.78 is 0. The van der Waals surface area contributed by atoms with Crippen LogP contribution in [0.25, 0.3) is 0 Å². The van der Waals surface area contributed by atoms with Crippen LogP contribution in [-0.4, -0.2) is 54.0 Å². The molecule has 120 valence electrons.